The molecule has 8 heteroatoms. The van der Waals surface area contributed by atoms with E-state index in [2.05, 4.69) is 0 Å². The zero-order valence-corrected chi connectivity index (χ0v) is 14.9. The Morgan fingerprint density at radius 1 is 1.32 bits per heavy atom. The van der Waals surface area contributed by atoms with Crippen LogP contribution >= 0.6 is 0 Å². The number of carbonyl (C=O) groups excluding carboxylic acids is 1. The maximum atomic E-state index is 13.0. The third-order valence-electron chi connectivity index (χ3n) is 4.21. The predicted molar refractivity (Wildman–Crippen MR) is 88.3 cm³/mol. The summed E-state index contributed by atoms with van der Waals surface area (Å²) in [6.07, 6.45) is 1.19. The van der Waals surface area contributed by atoms with E-state index >= 15 is 0 Å². The van der Waals surface area contributed by atoms with Gasteiger partial charge in [0.2, 0.25) is 10.0 Å². The van der Waals surface area contributed by atoms with Crippen molar-refractivity contribution in [1.29, 1.82) is 10.5 Å². The fourth-order valence-electron chi connectivity index (χ4n) is 3.07. The summed E-state index contributed by atoms with van der Waals surface area (Å²) in [4.78, 5) is 12.3. The van der Waals surface area contributed by atoms with E-state index in [4.69, 9.17) is 4.74 Å². The number of hydrogen-bond acceptors (Lipinski definition) is 6. The largest absolute Gasteiger partial charge is 0.465 e. The SMILES string of the molecule is CCCCN1C(C#N)(C(C#N)C(=O)OCC)c2ccccc2S1(=O)=O. The summed E-state index contributed by atoms with van der Waals surface area (Å²) in [7, 11) is -3.99. The Bertz CT molecular complexity index is 853. The summed E-state index contributed by atoms with van der Waals surface area (Å²) >= 11 is 0. The van der Waals surface area contributed by atoms with Gasteiger partial charge in [-0.2, -0.15) is 14.8 Å². The number of sulfonamides is 1. The molecule has 2 atom stereocenters. The van der Waals surface area contributed by atoms with Gasteiger partial charge in [-0.15, -0.1) is 0 Å². The predicted octanol–water partition coefficient (Wildman–Crippen LogP) is 1.91. The summed E-state index contributed by atoms with van der Waals surface area (Å²) in [5, 5.41) is 19.6. The number of hydrogen-bond donors (Lipinski definition) is 0. The fourth-order valence-corrected chi connectivity index (χ4v) is 5.05. The monoisotopic (exact) mass is 361 g/mol. The van der Waals surface area contributed by atoms with Crippen LogP contribution in [0.1, 0.15) is 32.3 Å². The molecule has 0 spiro atoms. The van der Waals surface area contributed by atoms with Crippen molar-refractivity contribution in [2.75, 3.05) is 13.2 Å². The van der Waals surface area contributed by atoms with Gasteiger partial charge >= 0.3 is 5.97 Å². The van der Waals surface area contributed by atoms with Crippen LogP contribution in [0, 0.1) is 28.6 Å². The van der Waals surface area contributed by atoms with Crippen LogP contribution in [0.25, 0.3) is 0 Å². The normalized spacial score (nSPS) is 22.4. The highest BCUT2D eigenvalue weighted by Gasteiger charge is 2.61. The van der Waals surface area contributed by atoms with Crippen LogP contribution in [0.4, 0.5) is 0 Å². The molecule has 7 nitrogen and oxygen atoms in total. The molecule has 0 aliphatic carbocycles. The van der Waals surface area contributed by atoms with Gasteiger partial charge in [-0.1, -0.05) is 31.5 Å². The molecule has 1 aliphatic rings. The number of carbonyl (C=O) groups is 1. The topological polar surface area (TPSA) is 111 Å². The molecule has 0 aromatic heterocycles. The minimum Gasteiger partial charge on any atom is -0.465 e. The zero-order chi connectivity index (χ0) is 18.7. The molecule has 0 amide bonds. The highest BCUT2D eigenvalue weighted by molar-refractivity contribution is 7.89. The molecule has 1 heterocycles. The molecule has 0 N–H and O–H groups in total. The molecule has 0 fully saturated rings. The molecule has 25 heavy (non-hydrogen) atoms. The second-order valence-electron chi connectivity index (χ2n) is 5.62. The van der Waals surface area contributed by atoms with Gasteiger partial charge in [0.15, 0.2) is 11.5 Å². The lowest BCUT2D eigenvalue weighted by Gasteiger charge is -2.33. The maximum Gasteiger partial charge on any atom is 0.326 e. The van der Waals surface area contributed by atoms with Crippen LogP contribution in [0.2, 0.25) is 0 Å². The second kappa shape index (κ2) is 7.22. The van der Waals surface area contributed by atoms with E-state index < -0.39 is 27.4 Å². The zero-order valence-electron chi connectivity index (χ0n) is 14.1. The minimum atomic E-state index is -3.99. The number of rotatable bonds is 6. The van der Waals surface area contributed by atoms with E-state index in [1.165, 1.54) is 12.1 Å². The first-order valence-corrected chi connectivity index (χ1v) is 9.45. The fraction of sp³-hybridized carbons (Fsp3) is 0.471. The number of nitrogens with zero attached hydrogens (tertiary/aromatic N) is 3. The number of ether oxygens (including phenoxy) is 1. The lowest BCUT2D eigenvalue weighted by Crippen LogP contribution is -2.51. The Balaban J connectivity index is 2.77. The average molecular weight is 361 g/mol. The maximum absolute atomic E-state index is 13.0. The van der Waals surface area contributed by atoms with Gasteiger partial charge in [-0.25, -0.2) is 8.42 Å². The Morgan fingerprint density at radius 3 is 2.56 bits per heavy atom. The second-order valence-corrected chi connectivity index (χ2v) is 7.45. The van der Waals surface area contributed by atoms with Crippen molar-refractivity contribution in [3.63, 3.8) is 0 Å². The summed E-state index contributed by atoms with van der Waals surface area (Å²) < 4.78 is 31.9. The highest BCUT2D eigenvalue weighted by atomic mass is 32.2. The highest BCUT2D eigenvalue weighted by Crippen LogP contribution is 2.48. The first-order chi connectivity index (χ1) is 11.9. The number of esters is 1. The Morgan fingerprint density at radius 2 is 2.00 bits per heavy atom. The lowest BCUT2D eigenvalue weighted by atomic mass is 9.79. The van der Waals surface area contributed by atoms with Gasteiger partial charge in [-0.3, -0.25) is 4.79 Å². The van der Waals surface area contributed by atoms with E-state index in [1.54, 1.807) is 25.1 Å². The first kappa shape index (κ1) is 18.9. The van der Waals surface area contributed by atoms with Gasteiger partial charge in [0.05, 0.1) is 23.6 Å². The van der Waals surface area contributed by atoms with Gasteiger partial charge in [0.1, 0.15) is 0 Å². The molecule has 1 aromatic rings. The summed E-state index contributed by atoms with van der Waals surface area (Å²) in [5.41, 5.74) is -1.78. The molecule has 2 unspecified atom stereocenters. The molecule has 132 valence electrons. The first-order valence-electron chi connectivity index (χ1n) is 8.01. The lowest BCUT2D eigenvalue weighted by molar-refractivity contribution is -0.148. The Hall–Kier alpha value is -2.42. The Labute approximate surface area is 147 Å². The van der Waals surface area contributed by atoms with E-state index in [1.807, 2.05) is 13.0 Å². The molecular weight excluding hydrogens is 342 g/mol. The number of unbranched alkanes of at least 4 members (excludes halogenated alkanes) is 1. The molecule has 0 saturated heterocycles. The van der Waals surface area contributed by atoms with E-state index in [0.717, 1.165) is 4.31 Å². The van der Waals surface area contributed by atoms with Crippen LogP contribution in [0.5, 0.6) is 0 Å². The van der Waals surface area contributed by atoms with Crippen molar-refractivity contribution in [1.82, 2.24) is 4.31 Å². The molecule has 1 aliphatic heterocycles. The van der Waals surface area contributed by atoms with Gasteiger partial charge in [-0.05, 0) is 19.4 Å². The van der Waals surface area contributed by atoms with Crippen LogP contribution in [0.3, 0.4) is 0 Å². The van der Waals surface area contributed by atoms with Crippen molar-refractivity contribution >= 4 is 16.0 Å². The minimum absolute atomic E-state index is 0.0296. The molecule has 1 aromatic carbocycles. The average Bonchev–Trinajstić information content (AvgIpc) is 2.79. The number of nitriles is 2. The standard InChI is InChI=1S/C17H19N3O4S/c1-3-5-10-20-17(12-19,14(11-18)16(21)24-4-2)13-8-6-7-9-15(13)25(20,22)23/h6-9,14H,3-5,10H2,1-2H3. The van der Waals surface area contributed by atoms with Crippen LogP contribution in [-0.4, -0.2) is 31.8 Å². The quantitative estimate of drug-likeness (QED) is 0.716. The van der Waals surface area contributed by atoms with Crippen LogP contribution < -0.4 is 0 Å². The summed E-state index contributed by atoms with van der Waals surface area (Å²) in [6, 6.07) is 9.77. The van der Waals surface area contributed by atoms with Crippen molar-refractivity contribution in [3.05, 3.63) is 29.8 Å². The van der Waals surface area contributed by atoms with Crippen molar-refractivity contribution < 1.29 is 17.9 Å². The molecule has 0 saturated carbocycles. The molecular formula is C17H19N3O4S. The van der Waals surface area contributed by atoms with Gasteiger partial charge in [0, 0.05) is 12.1 Å². The Kier molecular flexibility index (Phi) is 5.46. The van der Waals surface area contributed by atoms with Crippen molar-refractivity contribution in [2.24, 2.45) is 5.92 Å². The van der Waals surface area contributed by atoms with E-state index in [9.17, 15) is 23.7 Å². The summed E-state index contributed by atoms with van der Waals surface area (Å²) in [6.45, 7) is 3.54. The van der Waals surface area contributed by atoms with Gasteiger partial charge < -0.3 is 4.74 Å². The third-order valence-corrected chi connectivity index (χ3v) is 6.18. The molecule has 2 rings (SSSR count). The molecule has 0 bridgehead atoms. The van der Waals surface area contributed by atoms with Gasteiger partial charge in [0.25, 0.3) is 0 Å². The van der Waals surface area contributed by atoms with Crippen LogP contribution in [0.15, 0.2) is 29.2 Å². The molecule has 0 radical (unpaired) electrons. The number of fused-ring (bicyclic) bond motifs is 1. The van der Waals surface area contributed by atoms with Crippen LogP contribution in [-0.2, 0) is 25.1 Å². The smallest absolute Gasteiger partial charge is 0.326 e. The van der Waals surface area contributed by atoms with E-state index in [0.29, 0.717) is 12.8 Å². The third kappa shape index (κ3) is 2.78. The number of benzene rings is 1. The van der Waals surface area contributed by atoms with Crippen molar-refractivity contribution in [2.45, 2.75) is 37.1 Å². The summed E-state index contributed by atoms with van der Waals surface area (Å²) in [5.74, 6) is -2.48. The van der Waals surface area contributed by atoms with E-state index in [-0.39, 0.29) is 23.6 Å². The van der Waals surface area contributed by atoms with Crippen molar-refractivity contribution in [3.8, 4) is 12.1 Å².